The summed E-state index contributed by atoms with van der Waals surface area (Å²) >= 11 is 0. The lowest BCUT2D eigenvalue weighted by atomic mass is 9.90. The number of nitrogens with zero attached hydrogens (tertiary/aromatic N) is 6. The van der Waals surface area contributed by atoms with E-state index >= 15 is 0 Å². The van der Waals surface area contributed by atoms with E-state index in [0.29, 0.717) is 55.8 Å². The summed E-state index contributed by atoms with van der Waals surface area (Å²) in [6, 6.07) is 5.22. The van der Waals surface area contributed by atoms with Crippen LogP contribution >= 0.6 is 0 Å². The number of rotatable bonds is 5. The minimum absolute atomic E-state index is 0.0300. The molecule has 1 N–H and O–H groups in total. The van der Waals surface area contributed by atoms with Crippen LogP contribution < -0.4 is 5.56 Å². The Kier molecular flexibility index (Phi) is 5.95. The molecule has 0 saturated carbocycles. The molecule has 2 saturated heterocycles. The number of carbonyl (C=O) groups excluding carboxylic acids is 2. The average Bonchev–Trinajstić information content (AvgIpc) is 3.26. The van der Waals surface area contributed by atoms with Gasteiger partial charge in [-0.1, -0.05) is 6.58 Å². The van der Waals surface area contributed by atoms with E-state index in [1.165, 1.54) is 38.8 Å². The Bertz CT molecular complexity index is 1400. The van der Waals surface area contributed by atoms with Crippen LogP contribution in [-0.2, 0) is 16.1 Å². The first-order valence-electron chi connectivity index (χ1n) is 11.8. The van der Waals surface area contributed by atoms with Gasteiger partial charge >= 0.3 is 0 Å². The first-order valence-corrected chi connectivity index (χ1v) is 11.8. The van der Waals surface area contributed by atoms with Gasteiger partial charge in [0.1, 0.15) is 23.6 Å². The Balaban J connectivity index is 1.27. The van der Waals surface area contributed by atoms with Crippen LogP contribution in [-0.4, -0.2) is 77.3 Å². The summed E-state index contributed by atoms with van der Waals surface area (Å²) in [5, 5.41) is 15.7. The van der Waals surface area contributed by atoms with Crippen LogP contribution in [0, 0.1) is 5.82 Å². The predicted octanol–water partition coefficient (Wildman–Crippen LogP) is 1.25. The van der Waals surface area contributed by atoms with Crippen LogP contribution in [0.2, 0.25) is 0 Å². The second-order valence-electron chi connectivity index (χ2n) is 9.58. The standard InChI is InChI=1S/C25H27FN6O4/c1-16(2)22(33)31-10-7-20(31)24(35)29-11-8-25(36,9-12-29)14-30-15-27-21-19(23(30)34)13-28-32(21)18-5-3-17(26)4-6-18/h3-6,13,15,20,36H,1,7-12,14H2,2H3. The van der Waals surface area contributed by atoms with E-state index < -0.39 is 11.6 Å². The quantitative estimate of drug-likeness (QED) is 0.534. The monoisotopic (exact) mass is 494 g/mol. The molecule has 2 aliphatic heterocycles. The number of hydrogen-bond donors (Lipinski definition) is 1. The summed E-state index contributed by atoms with van der Waals surface area (Å²) in [5.74, 6) is -0.707. The number of benzene rings is 1. The molecule has 1 atom stereocenters. The van der Waals surface area contributed by atoms with Crippen LogP contribution in [0.5, 0.6) is 0 Å². The van der Waals surface area contributed by atoms with Crippen molar-refractivity contribution in [3.05, 3.63) is 65.1 Å². The number of carbonyl (C=O) groups is 2. The highest BCUT2D eigenvalue weighted by Crippen LogP contribution is 2.28. The molecule has 2 aliphatic rings. The third kappa shape index (κ3) is 4.19. The summed E-state index contributed by atoms with van der Waals surface area (Å²) in [6.45, 7) is 6.52. The molecule has 0 spiro atoms. The Morgan fingerprint density at radius 1 is 1.19 bits per heavy atom. The first-order chi connectivity index (χ1) is 17.2. The fraction of sp³-hybridized carbons (Fsp3) is 0.400. The van der Waals surface area contributed by atoms with Crippen molar-refractivity contribution in [2.45, 2.75) is 44.4 Å². The van der Waals surface area contributed by atoms with Crippen molar-refractivity contribution in [2.24, 2.45) is 0 Å². The minimum atomic E-state index is -1.18. The zero-order valence-corrected chi connectivity index (χ0v) is 19.9. The topological polar surface area (TPSA) is 114 Å². The van der Waals surface area contributed by atoms with Gasteiger partial charge in [0.15, 0.2) is 5.65 Å². The van der Waals surface area contributed by atoms with E-state index in [0.717, 1.165) is 0 Å². The number of piperidine rings is 1. The van der Waals surface area contributed by atoms with E-state index in [4.69, 9.17) is 0 Å². The second-order valence-corrected chi connectivity index (χ2v) is 9.58. The Labute approximate surface area is 206 Å². The molecule has 0 aliphatic carbocycles. The molecule has 10 nitrogen and oxygen atoms in total. The molecule has 36 heavy (non-hydrogen) atoms. The normalized spacial score (nSPS) is 19.2. The SMILES string of the molecule is C=C(C)C(=O)N1CCC1C(=O)N1CCC(O)(Cn2cnc3c(cnn3-c3ccc(F)cc3)c2=O)CC1. The Morgan fingerprint density at radius 2 is 1.89 bits per heavy atom. The highest BCUT2D eigenvalue weighted by atomic mass is 19.1. The van der Waals surface area contributed by atoms with Crippen molar-refractivity contribution in [1.29, 1.82) is 0 Å². The van der Waals surface area contributed by atoms with Gasteiger partial charge in [-0.3, -0.25) is 19.0 Å². The van der Waals surface area contributed by atoms with Gasteiger partial charge in [0, 0.05) is 25.2 Å². The molecule has 2 amide bonds. The summed E-state index contributed by atoms with van der Waals surface area (Å²) in [6.07, 6.45) is 3.98. The van der Waals surface area contributed by atoms with Gasteiger partial charge in [0.25, 0.3) is 5.56 Å². The molecule has 2 aromatic heterocycles. The second kappa shape index (κ2) is 8.98. The molecule has 3 aromatic rings. The maximum atomic E-state index is 13.3. The van der Waals surface area contributed by atoms with Crippen LogP contribution in [0.4, 0.5) is 4.39 Å². The largest absolute Gasteiger partial charge is 0.388 e. The summed E-state index contributed by atoms with van der Waals surface area (Å²) in [4.78, 5) is 45.8. The minimum Gasteiger partial charge on any atom is -0.388 e. The maximum absolute atomic E-state index is 13.3. The van der Waals surface area contributed by atoms with Crippen LogP contribution in [0.25, 0.3) is 16.7 Å². The third-order valence-corrected chi connectivity index (χ3v) is 7.03. The number of amides is 2. The van der Waals surface area contributed by atoms with Crippen molar-refractivity contribution >= 4 is 22.8 Å². The average molecular weight is 495 g/mol. The van der Waals surface area contributed by atoms with Crippen LogP contribution in [0.15, 0.2) is 53.7 Å². The molecule has 188 valence electrons. The van der Waals surface area contributed by atoms with Crippen molar-refractivity contribution in [3.63, 3.8) is 0 Å². The molecule has 4 heterocycles. The number of fused-ring (bicyclic) bond motifs is 1. The number of hydrogen-bond acceptors (Lipinski definition) is 6. The molecule has 2 fully saturated rings. The van der Waals surface area contributed by atoms with E-state index in [1.54, 1.807) is 24.0 Å². The molecule has 11 heteroatoms. The van der Waals surface area contributed by atoms with Crippen LogP contribution in [0.3, 0.4) is 0 Å². The summed E-state index contributed by atoms with van der Waals surface area (Å²) in [7, 11) is 0. The zero-order valence-electron chi connectivity index (χ0n) is 19.9. The molecule has 1 unspecified atom stereocenters. The predicted molar refractivity (Wildman–Crippen MR) is 129 cm³/mol. The number of aromatic nitrogens is 4. The highest BCUT2D eigenvalue weighted by molar-refractivity contribution is 5.97. The number of likely N-dealkylation sites (tertiary alicyclic amines) is 2. The Morgan fingerprint density at radius 3 is 2.50 bits per heavy atom. The summed E-state index contributed by atoms with van der Waals surface area (Å²) < 4.78 is 16.1. The third-order valence-electron chi connectivity index (χ3n) is 7.03. The molecule has 0 bridgehead atoms. The van der Waals surface area contributed by atoms with Gasteiger partial charge in [-0.15, -0.1) is 0 Å². The fourth-order valence-corrected chi connectivity index (χ4v) is 4.79. The molecular weight excluding hydrogens is 467 g/mol. The molecule has 0 radical (unpaired) electrons. The lowest BCUT2D eigenvalue weighted by Crippen LogP contribution is -2.61. The smallest absolute Gasteiger partial charge is 0.264 e. The van der Waals surface area contributed by atoms with Crippen molar-refractivity contribution in [3.8, 4) is 5.69 Å². The number of halogens is 1. The van der Waals surface area contributed by atoms with Crippen LogP contribution in [0.1, 0.15) is 26.2 Å². The van der Waals surface area contributed by atoms with Gasteiger partial charge in [-0.05, 0) is 50.5 Å². The van der Waals surface area contributed by atoms with Crippen molar-refractivity contribution in [2.75, 3.05) is 19.6 Å². The lowest BCUT2D eigenvalue weighted by molar-refractivity contribution is -0.153. The van der Waals surface area contributed by atoms with E-state index in [-0.39, 0.29) is 35.1 Å². The van der Waals surface area contributed by atoms with Gasteiger partial charge < -0.3 is 14.9 Å². The Hall–Kier alpha value is -3.86. The highest BCUT2D eigenvalue weighted by Gasteiger charge is 2.42. The first kappa shape index (κ1) is 23.9. The molecule has 1 aromatic carbocycles. The maximum Gasteiger partial charge on any atom is 0.264 e. The zero-order chi connectivity index (χ0) is 25.6. The van der Waals surface area contributed by atoms with Crippen molar-refractivity contribution in [1.82, 2.24) is 29.1 Å². The van der Waals surface area contributed by atoms with Gasteiger partial charge in [-0.25, -0.2) is 14.1 Å². The van der Waals surface area contributed by atoms with E-state index in [1.807, 2.05) is 0 Å². The molecule has 5 rings (SSSR count). The van der Waals surface area contributed by atoms with Gasteiger partial charge in [0.2, 0.25) is 11.8 Å². The fourth-order valence-electron chi connectivity index (χ4n) is 4.79. The molecular formula is C25H27FN6O4. The lowest BCUT2D eigenvalue weighted by Gasteiger charge is -2.45. The van der Waals surface area contributed by atoms with E-state index in [2.05, 4.69) is 16.7 Å². The number of aliphatic hydroxyl groups is 1. The van der Waals surface area contributed by atoms with Crippen molar-refractivity contribution < 1.29 is 19.1 Å². The van der Waals surface area contributed by atoms with Gasteiger partial charge in [0.05, 0.1) is 24.0 Å². The van der Waals surface area contributed by atoms with Gasteiger partial charge in [-0.2, -0.15) is 5.10 Å². The summed E-state index contributed by atoms with van der Waals surface area (Å²) in [5.41, 5.74) is -0.217. The van der Waals surface area contributed by atoms with E-state index in [9.17, 15) is 23.9 Å².